The van der Waals surface area contributed by atoms with E-state index in [9.17, 15) is 14.4 Å². The van der Waals surface area contributed by atoms with E-state index in [0.29, 0.717) is 0 Å². The Kier molecular flexibility index (Phi) is 10.4. The van der Waals surface area contributed by atoms with Crippen molar-refractivity contribution in [3.05, 3.63) is 71.8 Å². The van der Waals surface area contributed by atoms with Crippen LogP contribution in [0.15, 0.2) is 60.7 Å². The van der Waals surface area contributed by atoms with Crippen LogP contribution >= 0.6 is 0 Å². The molecule has 0 heterocycles. The van der Waals surface area contributed by atoms with Gasteiger partial charge < -0.3 is 24.8 Å². The topological polar surface area (TPSA) is 103 Å². The van der Waals surface area contributed by atoms with Crippen LogP contribution in [0.3, 0.4) is 0 Å². The second-order valence-electron chi connectivity index (χ2n) is 8.38. The Balaban J connectivity index is 1.86. The van der Waals surface area contributed by atoms with Crippen LogP contribution in [-0.4, -0.2) is 42.8 Å². The fourth-order valence-corrected chi connectivity index (χ4v) is 2.76. The molecule has 0 aliphatic heterocycles. The molecule has 0 aliphatic rings. The predicted octanol–water partition coefficient (Wildman–Crippen LogP) is 3.35. The van der Waals surface area contributed by atoms with E-state index in [4.69, 9.17) is 14.2 Å². The van der Waals surface area contributed by atoms with Crippen molar-refractivity contribution in [3.8, 4) is 0 Å². The Morgan fingerprint density at radius 2 is 1.36 bits per heavy atom. The molecule has 2 aromatic carbocycles. The molecule has 0 aromatic heterocycles. The first-order chi connectivity index (χ1) is 15.7. The maximum Gasteiger partial charge on any atom is 0.407 e. The zero-order chi connectivity index (χ0) is 24.1. The lowest BCUT2D eigenvalue weighted by molar-refractivity contribution is -0.154. The molecular formula is C25H32N2O6. The van der Waals surface area contributed by atoms with Crippen molar-refractivity contribution in [1.82, 2.24) is 10.6 Å². The number of hydrogen-bond donors (Lipinski definition) is 2. The average Bonchev–Trinajstić information content (AvgIpc) is 2.78. The fraction of sp³-hybridized carbons (Fsp3) is 0.400. The monoisotopic (exact) mass is 456 g/mol. The van der Waals surface area contributed by atoms with Crippen LogP contribution in [0.2, 0.25) is 0 Å². The van der Waals surface area contributed by atoms with Crippen molar-refractivity contribution in [2.45, 2.75) is 52.0 Å². The maximum absolute atomic E-state index is 12.6. The highest BCUT2D eigenvalue weighted by molar-refractivity contribution is 5.82. The van der Waals surface area contributed by atoms with Crippen LogP contribution in [0.25, 0.3) is 0 Å². The summed E-state index contributed by atoms with van der Waals surface area (Å²) in [6.45, 7) is 5.95. The third-order valence-corrected chi connectivity index (χ3v) is 4.31. The van der Waals surface area contributed by atoms with Gasteiger partial charge in [-0.2, -0.15) is 0 Å². The second kappa shape index (κ2) is 13.2. The highest BCUT2D eigenvalue weighted by Crippen LogP contribution is 2.08. The quantitative estimate of drug-likeness (QED) is 0.304. The first-order valence-electron chi connectivity index (χ1n) is 10.8. The summed E-state index contributed by atoms with van der Waals surface area (Å²) in [4.78, 5) is 36.7. The molecule has 1 amide bonds. The molecule has 8 nitrogen and oxygen atoms in total. The van der Waals surface area contributed by atoms with E-state index < -0.39 is 29.7 Å². The summed E-state index contributed by atoms with van der Waals surface area (Å²) in [6, 6.07) is 17.6. The van der Waals surface area contributed by atoms with E-state index in [-0.39, 0.29) is 32.7 Å². The Hall–Kier alpha value is -3.39. The molecule has 0 saturated heterocycles. The molecule has 8 heteroatoms. The molecule has 0 aliphatic carbocycles. The summed E-state index contributed by atoms with van der Waals surface area (Å²) in [5.74, 6) is -1.11. The van der Waals surface area contributed by atoms with E-state index in [1.165, 1.54) is 0 Å². The summed E-state index contributed by atoms with van der Waals surface area (Å²) >= 11 is 0. The highest BCUT2D eigenvalue weighted by atomic mass is 16.6. The van der Waals surface area contributed by atoms with Crippen LogP contribution in [0.1, 0.15) is 38.3 Å². The number of ether oxygens (including phenoxy) is 3. The first kappa shape index (κ1) is 25.9. The lowest BCUT2D eigenvalue weighted by atomic mass is 10.2. The molecule has 0 fully saturated rings. The van der Waals surface area contributed by atoms with E-state index in [2.05, 4.69) is 10.6 Å². The van der Waals surface area contributed by atoms with Gasteiger partial charge in [0.1, 0.15) is 24.9 Å². The van der Waals surface area contributed by atoms with Crippen molar-refractivity contribution in [2.24, 2.45) is 0 Å². The number of nitrogens with one attached hydrogen (secondary N) is 2. The Morgan fingerprint density at radius 3 is 1.91 bits per heavy atom. The van der Waals surface area contributed by atoms with Gasteiger partial charge in [-0.15, -0.1) is 0 Å². The molecule has 2 aromatic rings. The maximum atomic E-state index is 12.6. The molecule has 2 rings (SSSR count). The molecule has 2 N–H and O–H groups in total. The number of rotatable bonds is 11. The Morgan fingerprint density at radius 1 is 0.818 bits per heavy atom. The average molecular weight is 457 g/mol. The predicted molar refractivity (Wildman–Crippen MR) is 123 cm³/mol. The standard InChI is InChI=1S/C25H32N2O6/c1-25(2,3)33-24(30)27-15-14-26-21(23(29)32-18-20-12-8-5-9-13-20)16-22(28)31-17-19-10-6-4-7-11-19/h4-13,21,26H,14-18H2,1-3H3,(H,27,30). The SMILES string of the molecule is CC(C)(C)OC(=O)NCCNC(CC(=O)OCc1ccccc1)C(=O)OCc1ccccc1. The van der Waals surface area contributed by atoms with Crippen molar-refractivity contribution in [3.63, 3.8) is 0 Å². The number of amides is 1. The minimum atomic E-state index is -0.919. The molecule has 178 valence electrons. The van der Waals surface area contributed by atoms with Gasteiger partial charge in [-0.3, -0.25) is 9.59 Å². The summed E-state index contributed by atoms with van der Waals surface area (Å²) in [5, 5.41) is 5.56. The number of esters is 2. The molecule has 0 saturated carbocycles. The largest absolute Gasteiger partial charge is 0.461 e. The fourth-order valence-electron chi connectivity index (χ4n) is 2.76. The number of hydrogen-bond acceptors (Lipinski definition) is 7. The molecule has 0 bridgehead atoms. The van der Waals surface area contributed by atoms with Crippen LogP contribution in [0.5, 0.6) is 0 Å². The third kappa shape index (κ3) is 11.2. The molecule has 0 spiro atoms. The van der Waals surface area contributed by atoms with Gasteiger partial charge in [0.2, 0.25) is 0 Å². The number of carbonyl (C=O) groups is 3. The van der Waals surface area contributed by atoms with Crippen LogP contribution in [0.4, 0.5) is 4.79 Å². The lowest BCUT2D eigenvalue weighted by Crippen LogP contribution is -2.44. The minimum absolute atomic E-state index is 0.0904. The number of carbonyl (C=O) groups excluding carboxylic acids is 3. The van der Waals surface area contributed by atoms with Gasteiger partial charge in [-0.05, 0) is 31.9 Å². The van der Waals surface area contributed by atoms with Crippen molar-refractivity contribution in [2.75, 3.05) is 13.1 Å². The van der Waals surface area contributed by atoms with Crippen LogP contribution in [0, 0.1) is 0 Å². The van der Waals surface area contributed by atoms with Crippen LogP contribution < -0.4 is 10.6 Å². The Bertz CT molecular complexity index is 881. The van der Waals surface area contributed by atoms with Crippen molar-refractivity contribution >= 4 is 18.0 Å². The van der Waals surface area contributed by atoms with Crippen molar-refractivity contribution in [1.29, 1.82) is 0 Å². The van der Waals surface area contributed by atoms with E-state index >= 15 is 0 Å². The summed E-state index contributed by atoms with van der Waals surface area (Å²) in [5.41, 5.74) is 1.08. The molecule has 0 radical (unpaired) electrons. The Labute approximate surface area is 194 Å². The first-order valence-corrected chi connectivity index (χ1v) is 10.8. The van der Waals surface area contributed by atoms with Gasteiger partial charge in [0.05, 0.1) is 6.42 Å². The van der Waals surface area contributed by atoms with Gasteiger partial charge in [0.15, 0.2) is 0 Å². The minimum Gasteiger partial charge on any atom is -0.461 e. The summed E-state index contributed by atoms with van der Waals surface area (Å²) in [6.07, 6.45) is -0.762. The zero-order valence-corrected chi connectivity index (χ0v) is 19.3. The molecular weight excluding hydrogens is 424 g/mol. The van der Waals surface area contributed by atoms with E-state index in [1.807, 2.05) is 60.7 Å². The van der Waals surface area contributed by atoms with Gasteiger partial charge in [0, 0.05) is 13.1 Å². The normalized spacial score (nSPS) is 11.8. The zero-order valence-electron chi connectivity index (χ0n) is 19.3. The van der Waals surface area contributed by atoms with Gasteiger partial charge in [-0.1, -0.05) is 60.7 Å². The smallest absolute Gasteiger partial charge is 0.407 e. The third-order valence-electron chi connectivity index (χ3n) is 4.31. The number of alkyl carbamates (subject to hydrolysis) is 1. The summed E-state index contributed by atoms with van der Waals surface area (Å²) in [7, 11) is 0. The molecule has 33 heavy (non-hydrogen) atoms. The van der Waals surface area contributed by atoms with Gasteiger partial charge >= 0.3 is 18.0 Å². The lowest BCUT2D eigenvalue weighted by Gasteiger charge is -2.20. The highest BCUT2D eigenvalue weighted by Gasteiger charge is 2.24. The molecule has 1 atom stereocenters. The second-order valence-corrected chi connectivity index (χ2v) is 8.38. The van der Waals surface area contributed by atoms with E-state index in [0.717, 1.165) is 11.1 Å². The number of benzene rings is 2. The van der Waals surface area contributed by atoms with E-state index in [1.54, 1.807) is 20.8 Å². The molecule has 1 unspecified atom stereocenters. The van der Waals surface area contributed by atoms with Crippen LogP contribution in [-0.2, 0) is 37.0 Å². The van der Waals surface area contributed by atoms with Crippen molar-refractivity contribution < 1.29 is 28.6 Å². The summed E-state index contributed by atoms with van der Waals surface area (Å²) < 4.78 is 15.8. The van der Waals surface area contributed by atoms with Gasteiger partial charge in [0.25, 0.3) is 0 Å². The van der Waals surface area contributed by atoms with Gasteiger partial charge in [-0.25, -0.2) is 4.79 Å².